The standard InChI is InChI=1S/C36H20N2O/c1-2-9-21(10-3-1)35-27-13-6-7-15-29(27)37-36(38-35)23-17-18-25-26-14-8-16-30-33(26)34-31(39-30)20-22-11-4-5-12-24(22)32(34)28(25)19-23/h1-20H. The van der Waals surface area contributed by atoms with Crippen LogP contribution in [0.3, 0.4) is 0 Å². The van der Waals surface area contributed by atoms with E-state index >= 15 is 0 Å². The molecular weight excluding hydrogens is 476 g/mol. The summed E-state index contributed by atoms with van der Waals surface area (Å²) in [5.41, 5.74) is 5.82. The van der Waals surface area contributed by atoms with Gasteiger partial charge in [-0.2, -0.15) is 0 Å². The summed E-state index contributed by atoms with van der Waals surface area (Å²) in [7, 11) is 0. The fraction of sp³-hybridized carbons (Fsp3) is 0. The van der Waals surface area contributed by atoms with Crippen molar-refractivity contribution >= 4 is 65.2 Å². The molecule has 0 unspecified atom stereocenters. The van der Waals surface area contributed by atoms with Gasteiger partial charge in [0.25, 0.3) is 0 Å². The molecule has 3 heteroatoms. The Kier molecular flexibility index (Phi) is 4.05. The fourth-order valence-electron chi connectivity index (χ4n) is 6.29. The van der Waals surface area contributed by atoms with Crippen LogP contribution in [0.25, 0.3) is 87.8 Å². The number of aromatic nitrogens is 2. The predicted molar refractivity (Wildman–Crippen MR) is 161 cm³/mol. The molecule has 0 N–H and O–H groups in total. The van der Waals surface area contributed by atoms with E-state index < -0.39 is 0 Å². The van der Waals surface area contributed by atoms with Crippen molar-refractivity contribution in [3.63, 3.8) is 0 Å². The maximum atomic E-state index is 6.40. The van der Waals surface area contributed by atoms with E-state index in [0.29, 0.717) is 0 Å². The molecule has 180 valence electrons. The number of hydrogen-bond acceptors (Lipinski definition) is 3. The molecule has 7 aromatic carbocycles. The number of fused-ring (bicyclic) bond motifs is 6. The Labute approximate surface area is 223 Å². The SMILES string of the molecule is c1ccc(-c2nc(-c3ccc4c5cccc6oc7cc8ccccc8c(c4c3)c7c65)nc3ccccc23)cc1. The van der Waals surface area contributed by atoms with Gasteiger partial charge < -0.3 is 4.42 Å². The zero-order chi connectivity index (χ0) is 25.5. The average molecular weight is 497 g/mol. The van der Waals surface area contributed by atoms with Crippen molar-refractivity contribution in [2.75, 3.05) is 0 Å². The smallest absolute Gasteiger partial charge is 0.160 e. The monoisotopic (exact) mass is 496 g/mol. The van der Waals surface area contributed by atoms with Gasteiger partial charge in [0.15, 0.2) is 5.82 Å². The molecule has 39 heavy (non-hydrogen) atoms. The molecule has 9 rings (SSSR count). The van der Waals surface area contributed by atoms with Gasteiger partial charge in [0.05, 0.1) is 11.2 Å². The topological polar surface area (TPSA) is 38.9 Å². The fourth-order valence-corrected chi connectivity index (χ4v) is 6.29. The maximum Gasteiger partial charge on any atom is 0.160 e. The highest BCUT2D eigenvalue weighted by Crippen LogP contribution is 2.46. The van der Waals surface area contributed by atoms with Crippen LogP contribution < -0.4 is 0 Å². The Hall–Kier alpha value is -5.28. The Morgan fingerprint density at radius 3 is 2.15 bits per heavy atom. The van der Waals surface area contributed by atoms with Crippen molar-refractivity contribution in [3.8, 4) is 22.6 Å². The molecule has 0 saturated carbocycles. The summed E-state index contributed by atoms with van der Waals surface area (Å²) < 4.78 is 6.40. The Morgan fingerprint density at radius 1 is 0.436 bits per heavy atom. The second-order valence-corrected chi connectivity index (χ2v) is 10.2. The van der Waals surface area contributed by atoms with Crippen molar-refractivity contribution in [1.82, 2.24) is 9.97 Å². The van der Waals surface area contributed by atoms with Gasteiger partial charge in [0.2, 0.25) is 0 Å². The van der Waals surface area contributed by atoms with Crippen molar-refractivity contribution in [3.05, 3.63) is 121 Å². The van der Waals surface area contributed by atoms with Gasteiger partial charge in [0.1, 0.15) is 11.2 Å². The molecule has 0 aliphatic rings. The van der Waals surface area contributed by atoms with E-state index in [4.69, 9.17) is 14.4 Å². The number of benzene rings is 7. The average Bonchev–Trinajstić information content (AvgIpc) is 3.38. The van der Waals surface area contributed by atoms with Crippen LogP contribution in [0.4, 0.5) is 0 Å². The number of furan rings is 1. The third-order valence-electron chi connectivity index (χ3n) is 8.00. The van der Waals surface area contributed by atoms with Gasteiger partial charge in [-0.05, 0) is 51.2 Å². The Balaban J connectivity index is 1.42. The summed E-state index contributed by atoms with van der Waals surface area (Å²) in [6, 6.07) is 42.4. The van der Waals surface area contributed by atoms with E-state index in [9.17, 15) is 0 Å². The molecule has 0 radical (unpaired) electrons. The summed E-state index contributed by atoms with van der Waals surface area (Å²) in [5, 5.41) is 10.7. The van der Waals surface area contributed by atoms with E-state index in [1.807, 2.05) is 18.2 Å². The highest BCUT2D eigenvalue weighted by atomic mass is 16.3. The van der Waals surface area contributed by atoms with Crippen LogP contribution in [0, 0.1) is 0 Å². The van der Waals surface area contributed by atoms with Crippen LogP contribution in [-0.2, 0) is 0 Å². The molecule has 0 aliphatic carbocycles. The van der Waals surface area contributed by atoms with Gasteiger partial charge >= 0.3 is 0 Å². The first-order valence-corrected chi connectivity index (χ1v) is 13.2. The van der Waals surface area contributed by atoms with Crippen LogP contribution in [0.1, 0.15) is 0 Å². The molecule has 0 spiro atoms. The number of para-hydroxylation sites is 1. The lowest BCUT2D eigenvalue weighted by atomic mass is 9.90. The lowest BCUT2D eigenvalue weighted by molar-refractivity contribution is 0.670. The first-order valence-electron chi connectivity index (χ1n) is 13.2. The van der Waals surface area contributed by atoms with E-state index in [-0.39, 0.29) is 0 Å². The number of hydrogen-bond donors (Lipinski definition) is 0. The lowest BCUT2D eigenvalue weighted by Gasteiger charge is -2.13. The van der Waals surface area contributed by atoms with E-state index in [1.165, 1.54) is 43.1 Å². The van der Waals surface area contributed by atoms with Gasteiger partial charge in [-0.3, -0.25) is 0 Å². The zero-order valence-electron chi connectivity index (χ0n) is 20.8. The van der Waals surface area contributed by atoms with Crippen molar-refractivity contribution in [1.29, 1.82) is 0 Å². The largest absolute Gasteiger partial charge is 0.456 e. The number of nitrogens with zero attached hydrogens (tertiary/aromatic N) is 2. The van der Waals surface area contributed by atoms with Gasteiger partial charge in [-0.25, -0.2) is 9.97 Å². The highest BCUT2D eigenvalue weighted by Gasteiger charge is 2.20. The Morgan fingerprint density at radius 2 is 1.23 bits per heavy atom. The zero-order valence-corrected chi connectivity index (χ0v) is 20.8. The molecule has 0 saturated heterocycles. The van der Waals surface area contributed by atoms with Crippen molar-refractivity contribution < 1.29 is 4.42 Å². The van der Waals surface area contributed by atoms with Gasteiger partial charge in [-0.1, -0.05) is 97.1 Å². The predicted octanol–water partition coefficient (Wildman–Crippen LogP) is 9.76. The molecule has 0 fully saturated rings. The minimum atomic E-state index is 0.725. The molecule has 0 bridgehead atoms. The second kappa shape index (κ2) is 7.62. The summed E-state index contributed by atoms with van der Waals surface area (Å²) >= 11 is 0. The molecule has 3 nitrogen and oxygen atoms in total. The third-order valence-corrected chi connectivity index (χ3v) is 8.00. The summed E-state index contributed by atoms with van der Waals surface area (Å²) in [6.07, 6.45) is 0. The van der Waals surface area contributed by atoms with Gasteiger partial charge in [0, 0.05) is 32.7 Å². The number of rotatable bonds is 2. The quantitative estimate of drug-likeness (QED) is 0.224. The van der Waals surface area contributed by atoms with Crippen LogP contribution in [0.2, 0.25) is 0 Å². The minimum Gasteiger partial charge on any atom is -0.456 e. The van der Waals surface area contributed by atoms with Crippen LogP contribution in [0.15, 0.2) is 126 Å². The Bertz CT molecular complexity index is 2390. The van der Waals surface area contributed by atoms with E-state index in [1.54, 1.807) is 0 Å². The third kappa shape index (κ3) is 2.87. The normalized spacial score (nSPS) is 12.1. The molecule has 9 aromatic rings. The van der Waals surface area contributed by atoms with Crippen LogP contribution >= 0.6 is 0 Å². The molecule has 0 amide bonds. The van der Waals surface area contributed by atoms with Crippen LogP contribution in [0.5, 0.6) is 0 Å². The molecule has 2 aromatic heterocycles. The summed E-state index contributed by atoms with van der Waals surface area (Å²) in [6.45, 7) is 0. The molecule has 2 heterocycles. The van der Waals surface area contributed by atoms with Crippen LogP contribution in [-0.4, -0.2) is 9.97 Å². The lowest BCUT2D eigenvalue weighted by Crippen LogP contribution is -1.95. The van der Waals surface area contributed by atoms with E-state index in [2.05, 4.69) is 103 Å². The van der Waals surface area contributed by atoms with Gasteiger partial charge in [-0.15, -0.1) is 0 Å². The maximum absolute atomic E-state index is 6.40. The van der Waals surface area contributed by atoms with E-state index in [0.717, 1.165) is 44.7 Å². The molecular formula is C36H20N2O. The first kappa shape index (κ1) is 20.7. The summed E-state index contributed by atoms with van der Waals surface area (Å²) in [5.74, 6) is 0.725. The van der Waals surface area contributed by atoms with Crippen molar-refractivity contribution in [2.45, 2.75) is 0 Å². The molecule has 0 aliphatic heterocycles. The first-order chi connectivity index (χ1) is 19.3. The minimum absolute atomic E-state index is 0.725. The second-order valence-electron chi connectivity index (χ2n) is 10.2. The summed E-state index contributed by atoms with van der Waals surface area (Å²) in [4.78, 5) is 10.2. The van der Waals surface area contributed by atoms with Crippen molar-refractivity contribution in [2.24, 2.45) is 0 Å². The molecule has 0 atom stereocenters. The highest BCUT2D eigenvalue weighted by molar-refractivity contribution is 6.38.